The van der Waals surface area contributed by atoms with Crippen LogP contribution >= 0.6 is 15.9 Å². The molecule has 1 aliphatic carbocycles. The summed E-state index contributed by atoms with van der Waals surface area (Å²) in [4.78, 5) is 12.3. The number of carbonyl (C=O) groups excluding carboxylic acids is 1. The molecule has 5 heteroatoms. The van der Waals surface area contributed by atoms with Crippen LogP contribution in [0.1, 0.15) is 42.2 Å². The van der Waals surface area contributed by atoms with E-state index < -0.39 is 0 Å². The molecule has 1 heterocycles. The quantitative estimate of drug-likeness (QED) is 0.867. The molecule has 18 heavy (non-hydrogen) atoms. The van der Waals surface area contributed by atoms with E-state index >= 15 is 0 Å². The van der Waals surface area contributed by atoms with E-state index in [2.05, 4.69) is 26.3 Å². The lowest BCUT2D eigenvalue weighted by molar-refractivity contribution is 0.0929. The molecule has 1 saturated carbocycles. The summed E-state index contributed by atoms with van der Waals surface area (Å²) in [7, 11) is 1.85. The molecule has 1 aromatic rings. The summed E-state index contributed by atoms with van der Waals surface area (Å²) in [6.45, 7) is 2.02. The van der Waals surface area contributed by atoms with Gasteiger partial charge in [-0.05, 0) is 25.2 Å². The summed E-state index contributed by atoms with van der Waals surface area (Å²) in [5.74, 6) is 0.591. The largest absolute Gasteiger partial charge is 0.349 e. The van der Waals surface area contributed by atoms with Crippen LogP contribution < -0.4 is 5.32 Å². The SMILES string of the molecule is CCc1nn(C)cc1C(=O)NC1CCCC1CBr. The molecule has 0 spiro atoms. The number of nitrogens with zero attached hydrogens (tertiary/aromatic N) is 2. The van der Waals surface area contributed by atoms with Gasteiger partial charge in [-0.25, -0.2) is 0 Å². The van der Waals surface area contributed by atoms with Gasteiger partial charge in [-0.2, -0.15) is 5.10 Å². The number of amides is 1. The number of hydrogen-bond acceptors (Lipinski definition) is 2. The van der Waals surface area contributed by atoms with Gasteiger partial charge in [0.2, 0.25) is 0 Å². The lowest BCUT2D eigenvalue weighted by Gasteiger charge is -2.18. The zero-order valence-electron chi connectivity index (χ0n) is 10.9. The number of aromatic nitrogens is 2. The monoisotopic (exact) mass is 313 g/mol. The van der Waals surface area contributed by atoms with Gasteiger partial charge < -0.3 is 5.32 Å². The third kappa shape index (κ3) is 2.76. The van der Waals surface area contributed by atoms with Crippen molar-refractivity contribution in [3.8, 4) is 0 Å². The highest BCUT2D eigenvalue weighted by atomic mass is 79.9. The Morgan fingerprint density at radius 1 is 1.61 bits per heavy atom. The van der Waals surface area contributed by atoms with Crippen LogP contribution in [-0.4, -0.2) is 27.1 Å². The molecule has 2 unspecified atom stereocenters. The van der Waals surface area contributed by atoms with Crippen molar-refractivity contribution < 1.29 is 4.79 Å². The molecule has 1 amide bonds. The molecule has 0 aliphatic heterocycles. The van der Waals surface area contributed by atoms with Crippen molar-refractivity contribution in [3.63, 3.8) is 0 Å². The maximum Gasteiger partial charge on any atom is 0.254 e. The van der Waals surface area contributed by atoms with E-state index in [1.54, 1.807) is 4.68 Å². The Kier molecular flexibility index (Phi) is 4.43. The van der Waals surface area contributed by atoms with E-state index in [0.29, 0.717) is 12.0 Å². The fourth-order valence-corrected chi connectivity index (χ4v) is 3.42. The minimum absolute atomic E-state index is 0.0257. The van der Waals surface area contributed by atoms with Crippen LogP contribution in [-0.2, 0) is 13.5 Å². The predicted molar refractivity (Wildman–Crippen MR) is 75.0 cm³/mol. The molecule has 4 nitrogen and oxygen atoms in total. The van der Waals surface area contributed by atoms with Crippen LogP contribution in [0.5, 0.6) is 0 Å². The van der Waals surface area contributed by atoms with Crippen molar-refractivity contribution in [2.24, 2.45) is 13.0 Å². The molecular weight excluding hydrogens is 294 g/mol. The number of hydrogen-bond donors (Lipinski definition) is 1. The topological polar surface area (TPSA) is 46.9 Å². The molecule has 0 saturated heterocycles. The number of alkyl halides is 1. The van der Waals surface area contributed by atoms with Gasteiger partial charge >= 0.3 is 0 Å². The van der Waals surface area contributed by atoms with Crippen LogP contribution in [0.15, 0.2) is 6.20 Å². The first-order valence-electron chi connectivity index (χ1n) is 6.55. The highest BCUT2D eigenvalue weighted by Gasteiger charge is 2.28. The first kappa shape index (κ1) is 13.6. The molecular formula is C13H20BrN3O. The van der Waals surface area contributed by atoms with Crippen molar-refractivity contribution >= 4 is 21.8 Å². The fourth-order valence-electron chi connectivity index (χ4n) is 2.64. The van der Waals surface area contributed by atoms with Gasteiger partial charge in [-0.3, -0.25) is 9.48 Å². The molecule has 1 N–H and O–H groups in total. The number of aryl methyl sites for hydroxylation is 2. The molecule has 2 atom stereocenters. The Labute approximate surface area is 116 Å². The second kappa shape index (κ2) is 5.87. The van der Waals surface area contributed by atoms with Crippen molar-refractivity contribution in [2.45, 2.75) is 38.6 Å². The summed E-state index contributed by atoms with van der Waals surface area (Å²) in [5, 5.41) is 8.44. The van der Waals surface area contributed by atoms with E-state index in [4.69, 9.17) is 0 Å². The lowest BCUT2D eigenvalue weighted by atomic mass is 10.1. The zero-order chi connectivity index (χ0) is 13.1. The smallest absolute Gasteiger partial charge is 0.254 e. The summed E-state index contributed by atoms with van der Waals surface area (Å²) in [6, 6.07) is 0.307. The Balaban J connectivity index is 2.07. The molecule has 1 aromatic heterocycles. The molecule has 100 valence electrons. The van der Waals surface area contributed by atoms with Crippen LogP contribution in [0.25, 0.3) is 0 Å². The van der Waals surface area contributed by atoms with Crippen LogP contribution in [0.4, 0.5) is 0 Å². The Hall–Kier alpha value is -0.840. The summed E-state index contributed by atoms with van der Waals surface area (Å²) >= 11 is 3.53. The van der Waals surface area contributed by atoms with Gasteiger partial charge in [-0.15, -0.1) is 0 Å². The molecule has 0 radical (unpaired) electrons. The molecule has 0 aromatic carbocycles. The highest BCUT2D eigenvalue weighted by Crippen LogP contribution is 2.27. The van der Waals surface area contributed by atoms with Gasteiger partial charge in [0.05, 0.1) is 11.3 Å². The molecule has 2 rings (SSSR count). The third-order valence-electron chi connectivity index (χ3n) is 3.66. The lowest BCUT2D eigenvalue weighted by Crippen LogP contribution is -2.38. The Morgan fingerprint density at radius 3 is 3.06 bits per heavy atom. The summed E-state index contributed by atoms with van der Waals surface area (Å²) in [5.41, 5.74) is 1.60. The normalized spacial score (nSPS) is 23.3. The van der Waals surface area contributed by atoms with Crippen molar-refractivity contribution in [1.82, 2.24) is 15.1 Å². The molecule has 0 bridgehead atoms. The standard InChI is InChI=1S/C13H20BrN3O/c1-3-11-10(8-17(2)16-11)13(18)15-12-6-4-5-9(12)7-14/h8-9,12H,3-7H2,1-2H3,(H,15,18). The summed E-state index contributed by atoms with van der Waals surface area (Å²) < 4.78 is 1.71. The van der Waals surface area contributed by atoms with Gasteiger partial charge in [-0.1, -0.05) is 29.3 Å². The Bertz CT molecular complexity index is 430. The second-order valence-corrected chi connectivity index (χ2v) is 5.59. The average Bonchev–Trinajstić information content (AvgIpc) is 2.94. The average molecular weight is 314 g/mol. The van der Waals surface area contributed by atoms with E-state index in [1.807, 2.05) is 20.2 Å². The molecule has 1 fully saturated rings. The van der Waals surface area contributed by atoms with Crippen LogP contribution in [0, 0.1) is 5.92 Å². The Morgan fingerprint density at radius 2 is 2.39 bits per heavy atom. The fraction of sp³-hybridized carbons (Fsp3) is 0.692. The predicted octanol–water partition coefficient (Wildman–Crippen LogP) is 2.28. The first-order valence-corrected chi connectivity index (χ1v) is 7.67. The third-order valence-corrected chi connectivity index (χ3v) is 4.49. The van der Waals surface area contributed by atoms with Crippen LogP contribution in [0.3, 0.4) is 0 Å². The van der Waals surface area contributed by atoms with Crippen molar-refractivity contribution in [1.29, 1.82) is 0 Å². The van der Waals surface area contributed by atoms with E-state index in [9.17, 15) is 4.79 Å². The van der Waals surface area contributed by atoms with E-state index in [1.165, 1.54) is 12.8 Å². The summed E-state index contributed by atoms with van der Waals surface area (Å²) in [6.07, 6.45) is 6.09. The minimum atomic E-state index is 0.0257. The number of rotatable bonds is 4. The van der Waals surface area contributed by atoms with Gasteiger partial charge in [0.25, 0.3) is 5.91 Å². The first-order chi connectivity index (χ1) is 8.65. The number of nitrogens with one attached hydrogen (secondary N) is 1. The van der Waals surface area contributed by atoms with Gasteiger partial charge in [0.1, 0.15) is 0 Å². The maximum absolute atomic E-state index is 12.3. The van der Waals surface area contributed by atoms with Crippen molar-refractivity contribution in [3.05, 3.63) is 17.5 Å². The second-order valence-electron chi connectivity index (χ2n) is 4.94. The number of halogens is 1. The number of carbonyl (C=O) groups is 1. The van der Waals surface area contributed by atoms with E-state index in [-0.39, 0.29) is 5.91 Å². The van der Waals surface area contributed by atoms with Crippen molar-refractivity contribution in [2.75, 3.05) is 5.33 Å². The van der Waals surface area contributed by atoms with Gasteiger partial charge in [0.15, 0.2) is 0 Å². The van der Waals surface area contributed by atoms with Gasteiger partial charge in [0, 0.05) is 24.6 Å². The maximum atomic E-state index is 12.3. The highest BCUT2D eigenvalue weighted by molar-refractivity contribution is 9.09. The minimum Gasteiger partial charge on any atom is -0.349 e. The zero-order valence-corrected chi connectivity index (χ0v) is 12.5. The van der Waals surface area contributed by atoms with Crippen LogP contribution in [0.2, 0.25) is 0 Å². The molecule has 1 aliphatic rings. The van der Waals surface area contributed by atoms with E-state index in [0.717, 1.165) is 29.4 Å².